The second-order valence-corrected chi connectivity index (χ2v) is 4.22. The molecule has 1 saturated heterocycles. The molecule has 0 radical (unpaired) electrons. The summed E-state index contributed by atoms with van der Waals surface area (Å²) < 4.78 is 0. The maximum absolute atomic E-state index is 10.1. The van der Waals surface area contributed by atoms with Crippen LogP contribution in [-0.2, 0) is 0 Å². The van der Waals surface area contributed by atoms with Crippen molar-refractivity contribution in [1.82, 2.24) is 5.32 Å². The second-order valence-electron chi connectivity index (χ2n) is 4.22. The zero-order valence-electron chi connectivity index (χ0n) is 8.13. The van der Waals surface area contributed by atoms with Crippen molar-refractivity contribution in [3.05, 3.63) is 11.6 Å². The summed E-state index contributed by atoms with van der Waals surface area (Å²) in [7, 11) is 0. The fraction of sp³-hybridized carbons (Fsp3) is 0.818. The molecule has 0 aromatic rings. The average Bonchev–Trinajstić information content (AvgIpc) is 2.71. The Morgan fingerprint density at radius 1 is 1.46 bits per heavy atom. The number of nitrogens with one attached hydrogen (secondary N) is 1. The molecule has 2 nitrogen and oxygen atoms in total. The van der Waals surface area contributed by atoms with Gasteiger partial charge in [-0.1, -0.05) is 6.08 Å². The van der Waals surface area contributed by atoms with Gasteiger partial charge < -0.3 is 10.4 Å². The van der Waals surface area contributed by atoms with Crippen LogP contribution in [0.25, 0.3) is 0 Å². The molecular weight excluding hydrogens is 162 g/mol. The molecule has 1 unspecified atom stereocenters. The van der Waals surface area contributed by atoms with Crippen molar-refractivity contribution in [2.75, 3.05) is 13.1 Å². The molecule has 13 heavy (non-hydrogen) atoms. The topological polar surface area (TPSA) is 32.3 Å². The van der Waals surface area contributed by atoms with Crippen molar-refractivity contribution in [3.8, 4) is 0 Å². The zero-order valence-corrected chi connectivity index (χ0v) is 8.13. The molecule has 2 rings (SSSR count). The van der Waals surface area contributed by atoms with Gasteiger partial charge in [0.15, 0.2) is 0 Å². The first-order valence-electron chi connectivity index (χ1n) is 5.45. The van der Waals surface area contributed by atoms with Gasteiger partial charge in [0.05, 0.1) is 6.10 Å². The Morgan fingerprint density at radius 3 is 3.00 bits per heavy atom. The molecule has 0 amide bonds. The Kier molecular flexibility index (Phi) is 3.01. The predicted octanol–water partition coefficient (Wildman–Crippen LogP) is 1.46. The lowest BCUT2D eigenvalue weighted by molar-refractivity contribution is 0.145. The molecule has 1 aliphatic carbocycles. The predicted molar refractivity (Wildman–Crippen MR) is 53.5 cm³/mol. The standard InChI is InChI=1S/C11H19NO/c13-11(10-6-7-12-8-10)9-4-2-1-3-5-9/h4,10-13H,1-3,5-8H2/t10-,11?/m0/s1. The van der Waals surface area contributed by atoms with Gasteiger partial charge in [0.2, 0.25) is 0 Å². The quantitative estimate of drug-likeness (QED) is 0.632. The normalized spacial score (nSPS) is 31.5. The summed E-state index contributed by atoms with van der Waals surface area (Å²) in [6.07, 6.45) is 8.10. The highest BCUT2D eigenvalue weighted by molar-refractivity contribution is 5.12. The summed E-state index contributed by atoms with van der Waals surface area (Å²) in [5.74, 6) is 0.476. The van der Waals surface area contributed by atoms with E-state index >= 15 is 0 Å². The van der Waals surface area contributed by atoms with Crippen LogP contribution < -0.4 is 5.32 Å². The minimum Gasteiger partial charge on any atom is -0.388 e. The third-order valence-electron chi connectivity index (χ3n) is 3.25. The number of aliphatic hydroxyl groups excluding tert-OH is 1. The highest BCUT2D eigenvalue weighted by Crippen LogP contribution is 2.26. The summed E-state index contributed by atoms with van der Waals surface area (Å²) in [6.45, 7) is 2.08. The fourth-order valence-electron chi connectivity index (χ4n) is 2.38. The molecule has 74 valence electrons. The number of allylic oxidation sites excluding steroid dienone is 1. The van der Waals surface area contributed by atoms with Gasteiger partial charge in [0.1, 0.15) is 0 Å². The van der Waals surface area contributed by atoms with E-state index in [0.29, 0.717) is 5.92 Å². The third-order valence-corrected chi connectivity index (χ3v) is 3.25. The van der Waals surface area contributed by atoms with Gasteiger partial charge in [-0.2, -0.15) is 0 Å². The molecule has 0 aromatic heterocycles. The Hall–Kier alpha value is -0.340. The molecule has 2 N–H and O–H groups in total. The SMILES string of the molecule is OC(C1=CCCCC1)[C@H]1CCNC1. The molecule has 0 saturated carbocycles. The fourth-order valence-corrected chi connectivity index (χ4v) is 2.38. The zero-order chi connectivity index (χ0) is 9.10. The number of hydrogen-bond acceptors (Lipinski definition) is 2. The van der Waals surface area contributed by atoms with E-state index in [-0.39, 0.29) is 6.10 Å². The van der Waals surface area contributed by atoms with Crippen LogP contribution in [0.1, 0.15) is 32.1 Å². The Labute approximate surface area is 80.0 Å². The van der Waals surface area contributed by atoms with Gasteiger partial charge in [-0.3, -0.25) is 0 Å². The summed E-state index contributed by atoms with van der Waals surface area (Å²) in [6, 6.07) is 0. The largest absolute Gasteiger partial charge is 0.388 e. The van der Waals surface area contributed by atoms with Crippen LogP contribution >= 0.6 is 0 Å². The lowest BCUT2D eigenvalue weighted by Crippen LogP contribution is -2.25. The summed E-state index contributed by atoms with van der Waals surface area (Å²) in [5.41, 5.74) is 1.31. The van der Waals surface area contributed by atoms with E-state index in [0.717, 1.165) is 25.9 Å². The van der Waals surface area contributed by atoms with Crippen LogP contribution in [0.2, 0.25) is 0 Å². The van der Waals surface area contributed by atoms with Crippen LogP contribution in [0.3, 0.4) is 0 Å². The van der Waals surface area contributed by atoms with E-state index in [1.807, 2.05) is 0 Å². The van der Waals surface area contributed by atoms with Gasteiger partial charge in [-0.15, -0.1) is 0 Å². The highest BCUT2D eigenvalue weighted by Gasteiger charge is 2.25. The maximum atomic E-state index is 10.1. The third kappa shape index (κ3) is 2.12. The molecule has 0 aromatic carbocycles. The van der Waals surface area contributed by atoms with E-state index in [2.05, 4.69) is 11.4 Å². The summed E-state index contributed by atoms with van der Waals surface area (Å²) in [4.78, 5) is 0. The van der Waals surface area contributed by atoms with Crippen molar-refractivity contribution in [3.63, 3.8) is 0 Å². The maximum Gasteiger partial charge on any atom is 0.0790 e. The van der Waals surface area contributed by atoms with E-state index < -0.39 is 0 Å². The molecule has 1 fully saturated rings. The van der Waals surface area contributed by atoms with Crippen LogP contribution in [0.4, 0.5) is 0 Å². The summed E-state index contributed by atoms with van der Waals surface area (Å²) >= 11 is 0. The lowest BCUT2D eigenvalue weighted by Gasteiger charge is -2.23. The van der Waals surface area contributed by atoms with E-state index in [1.165, 1.54) is 24.8 Å². The minimum atomic E-state index is -0.157. The van der Waals surface area contributed by atoms with Gasteiger partial charge >= 0.3 is 0 Å². The van der Waals surface area contributed by atoms with Gasteiger partial charge in [-0.25, -0.2) is 0 Å². The molecule has 0 spiro atoms. The van der Waals surface area contributed by atoms with Crippen LogP contribution in [0.15, 0.2) is 11.6 Å². The van der Waals surface area contributed by atoms with Crippen molar-refractivity contribution >= 4 is 0 Å². The lowest BCUT2D eigenvalue weighted by atomic mass is 9.88. The number of hydrogen-bond donors (Lipinski definition) is 2. The average molecular weight is 181 g/mol. The molecule has 2 heteroatoms. The molecule has 0 bridgehead atoms. The molecule has 2 atom stereocenters. The molecular formula is C11H19NO. The Balaban J connectivity index is 1.94. The number of rotatable bonds is 2. The molecule has 1 aliphatic heterocycles. The first-order chi connectivity index (χ1) is 6.38. The smallest absolute Gasteiger partial charge is 0.0790 e. The monoisotopic (exact) mass is 181 g/mol. The first-order valence-corrected chi connectivity index (χ1v) is 5.45. The number of aliphatic hydroxyl groups is 1. The minimum absolute atomic E-state index is 0.157. The Morgan fingerprint density at radius 2 is 2.38 bits per heavy atom. The molecule has 2 aliphatic rings. The Bertz CT molecular complexity index is 194. The summed E-state index contributed by atoms with van der Waals surface area (Å²) in [5, 5.41) is 13.4. The van der Waals surface area contributed by atoms with Crippen molar-refractivity contribution in [2.45, 2.75) is 38.2 Å². The van der Waals surface area contributed by atoms with Gasteiger partial charge in [0.25, 0.3) is 0 Å². The highest BCUT2D eigenvalue weighted by atomic mass is 16.3. The van der Waals surface area contributed by atoms with Crippen LogP contribution in [0, 0.1) is 5.92 Å². The van der Waals surface area contributed by atoms with Crippen molar-refractivity contribution in [1.29, 1.82) is 0 Å². The van der Waals surface area contributed by atoms with E-state index in [1.54, 1.807) is 0 Å². The molecule has 1 heterocycles. The van der Waals surface area contributed by atoms with Crippen molar-refractivity contribution in [2.24, 2.45) is 5.92 Å². The van der Waals surface area contributed by atoms with E-state index in [4.69, 9.17) is 0 Å². The second kappa shape index (κ2) is 4.25. The van der Waals surface area contributed by atoms with Crippen LogP contribution in [-0.4, -0.2) is 24.3 Å². The van der Waals surface area contributed by atoms with Crippen molar-refractivity contribution < 1.29 is 5.11 Å². The van der Waals surface area contributed by atoms with Gasteiger partial charge in [0, 0.05) is 12.5 Å². The van der Waals surface area contributed by atoms with Gasteiger partial charge in [-0.05, 0) is 44.2 Å². The van der Waals surface area contributed by atoms with E-state index in [9.17, 15) is 5.11 Å². The first kappa shape index (κ1) is 9.22. The van der Waals surface area contributed by atoms with Crippen LogP contribution in [0.5, 0.6) is 0 Å².